The van der Waals surface area contributed by atoms with Crippen LogP contribution in [-0.2, 0) is 65.4 Å². The predicted octanol–water partition coefficient (Wildman–Crippen LogP) is 18.9. The molecule has 3 N–H and O–H groups in total. The molecule has 17 nitrogen and oxygen atoms in total. The number of allylic oxidation sites excluding steroid dienone is 4. The Balaban J connectivity index is 5.28. The summed E-state index contributed by atoms with van der Waals surface area (Å²) in [5.74, 6) is -1.38. The smallest absolute Gasteiger partial charge is 0.462 e. The normalized spacial score (nSPS) is 14.6. The minimum Gasteiger partial charge on any atom is -0.462 e. The Morgan fingerprint density at radius 2 is 0.644 bits per heavy atom. The van der Waals surface area contributed by atoms with Crippen LogP contribution < -0.4 is 0 Å². The summed E-state index contributed by atoms with van der Waals surface area (Å²) < 4.78 is 68.1. The number of carbonyl (C=O) groups excluding carboxylic acids is 4. The summed E-state index contributed by atoms with van der Waals surface area (Å²) >= 11 is 0. The number of carbonyl (C=O) groups is 4. The van der Waals surface area contributed by atoms with Gasteiger partial charge in [0, 0.05) is 25.7 Å². The van der Waals surface area contributed by atoms with Crippen LogP contribution in [0.1, 0.15) is 324 Å². The number of rotatable bonds is 66. The molecular weight excluding hydrogens is 1150 g/mol. The van der Waals surface area contributed by atoms with Crippen molar-refractivity contribution in [2.45, 2.75) is 342 Å². The molecule has 0 aromatic heterocycles. The van der Waals surface area contributed by atoms with Crippen LogP contribution in [0, 0.1) is 5.92 Å². The molecule has 0 rings (SSSR count). The van der Waals surface area contributed by atoms with E-state index in [4.69, 9.17) is 37.0 Å². The number of phosphoric ester groups is 2. The molecule has 0 fully saturated rings. The molecule has 0 aliphatic rings. The van der Waals surface area contributed by atoms with Crippen molar-refractivity contribution in [1.29, 1.82) is 0 Å². The standard InChI is InChI=1S/C68H128O17P2/c1-6-10-13-16-19-22-25-26-27-28-29-32-39-44-49-54-68(73)85-64(58-79-66(71)52-47-42-37-34-33-35-40-45-50-61(5)9-4)60-83-87(76,77)81-56-62(69)55-80-86(74,75)82-59-63(84-67(72)53-48-43-38-31-24-21-18-15-12-8-3)57-78-65(70)51-46-41-36-30-23-20-17-14-11-7-2/h22,25-27,61-64,69H,6-21,23-24,28-60H2,1-5H3,(H,74,75)(H,76,77)/b25-22-,27-26-/t61?,62-,63+,64+/m0/s1. The number of esters is 4. The third-order valence-electron chi connectivity index (χ3n) is 15.5. The summed E-state index contributed by atoms with van der Waals surface area (Å²) in [5, 5.41) is 10.6. The van der Waals surface area contributed by atoms with E-state index in [2.05, 4.69) is 58.9 Å². The number of aliphatic hydroxyl groups is 1. The summed E-state index contributed by atoms with van der Waals surface area (Å²) in [4.78, 5) is 72.4. The first-order valence-electron chi connectivity index (χ1n) is 35.0. The van der Waals surface area contributed by atoms with Gasteiger partial charge in [0.15, 0.2) is 12.2 Å². The van der Waals surface area contributed by atoms with E-state index >= 15 is 0 Å². The van der Waals surface area contributed by atoms with Crippen LogP contribution in [0.5, 0.6) is 0 Å². The molecule has 512 valence electrons. The highest BCUT2D eigenvalue weighted by Gasteiger charge is 2.30. The molecule has 0 heterocycles. The zero-order valence-corrected chi connectivity index (χ0v) is 57.4. The van der Waals surface area contributed by atoms with E-state index in [0.29, 0.717) is 25.7 Å². The van der Waals surface area contributed by atoms with Gasteiger partial charge in [-0.1, -0.05) is 271 Å². The minimum atomic E-state index is -4.96. The fraction of sp³-hybridized carbons (Fsp3) is 0.882. The number of hydrogen-bond donors (Lipinski definition) is 3. The Kier molecular flexibility index (Phi) is 59.3. The fourth-order valence-electron chi connectivity index (χ4n) is 9.72. The lowest BCUT2D eigenvalue weighted by atomic mass is 9.99. The zero-order valence-electron chi connectivity index (χ0n) is 55.6. The van der Waals surface area contributed by atoms with E-state index in [0.717, 1.165) is 109 Å². The van der Waals surface area contributed by atoms with E-state index in [1.165, 1.54) is 135 Å². The van der Waals surface area contributed by atoms with Crippen molar-refractivity contribution in [3.63, 3.8) is 0 Å². The van der Waals surface area contributed by atoms with Gasteiger partial charge in [-0.3, -0.25) is 37.3 Å². The van der Waals surface area contributed by atoms with E-state index in [-0.39, 0.29) is 25.7 Å². The van der Waals surface area contributed by atoms with Crippen LogP contribution in [0.4, 0.5) is 0 Å². The van der Waals surface area contributed by atoms with Gasteiger partial charge in [-0.05, 0) is 57.3 Å². The van der Waals surface area contributed by atoms with Gasteiger partial charge in [-0.15, -0.1) is 0 Å². The summed E-state index contributed by atoms with van der Waals surface area (Å²) in [7, 11) is -9.90. The highest BCUT2D eigenvalue weighted by atomic mass is 31.2. The topological polar surface area (TPSA) is 237 Å². The van der Waals surface area contributed by atoms with Crippen molar-refractivity contribution in [2.24, 2.45) is 5.92 Å². The van der Waals surface area contributed by atoms with Crippen LogP contribution in [0.15, 0.2) is 24.3 Å². The van der Waals surface area contributed by atoms with Crippen molar-refractivity contribution in [3.05, 3.63) is 24.3 Å². The molecule has 3 unspecified atom stereocenters. The first-order valence-corrected chi connectivity index (χ1v) is 38.0. The molecule has 0 spiro atoms. The molecule has 0 aliphatic carbocycles. The number of ether oxygens (including phenoxy) is 4. The Labute approximate surface area is 529 Å². The molecular formula is C68H128O17P2. The first kappa shape index (κ1) is 84.5. The Morgan fingerprint density at radius 1 is 0.368 bits per heavy atom. The highest BCUT2D eigenvalue weighted by molar-refractivity contribution is 7.47. The average Bonchev–Trinajstić information content (AvgIpc) is 3.71. The van der Waals surface area contributed by atoms with Crippen LogP contribution in [0.25, 0.3) is 0 Å². The van der Waals surface area contributed by atoms with E-state index in [1.807, 2.05) is 0 Å². The van der Waals surface area contributed by atoms with E-state index in [1.54, 1.807) is 0 Å². The zero-order chi connectivity index (χ0) is 64.2. The Morgan fingerprint density at radius 3 is 0.977 bits per heavy atom. The average molecular weight is 1280 g/mol. The second kappa shape index (κ2) is 61.1. The molecule has 0 saturated carbocycles. The Hall–Kier alpha value is -2.46. The van der Waals surface area contributed by atoms with E-state index < -0.39 is 97.5 Å². The first-order chi connectivity index (χ1) is 42.1. The van der Waals surface area contributed by atoms with Gasteiger partial charge in [0.2, 0.25) is 0 Å². The SMILES string of the molecule is CCCCCC/C=C\C=C/CCCCCCCC(=O)O[C@H](COC(=O)CCCCCCCCCCC(C)CC)COP(=O)(O)OC[C@@H](O)COP(=O)(O)OC[C@@H](COC(=O)CCCCCCCCCCCC)OC(=O)CCCCCCCCCCCC. The quantitative estimate of drug-likeness (QED) is 0.0169. The van der Waals surface area contributed by atoms with E-state index in [9.17, 15) is 43.2 Å². The summed E-state index contributed by atoms with van der Waals surface area (Å²) in [6, 6.07) is 0. The minimum absolute atomic E-state index is 0.0847. The third-order valence-corrected chi connectivity index (χ3v) is 17.4. The van der Waals surface area contributed by atoms with Crippen LogP contribution in [0.3, 0.4) is 0 Å². The molecule has 0 radical (unpaired) electrons. The van der Waals surface area contributed by atoms with Crippen LogP contribution in [0.2, 0.25) is 0 Å². The van der Waals surface area contributed by atoms with Crippen molar-refractivity contribution < 1.29 is 80.2 Å². The molecule has 6 atom stereocenters. The number of phosphoric acid groups is 2. The van der Waals surface area contributed by atoms with Gasteiger partial charge in [-0.2, -0.15) is 0 Å². The van der Waals surface area contributed by atoms with Gasteiger partial charge < -0.3 is 33.8 Å². The maximum atomic E-state index is 13.0. The third kappa shape index (κ3) is 60.9. The lowest BCUT2D eigenvalue weighted by molar-refractivity contribution is -0.161. The molecule has 87 heavy (non-hydrogen) atoms. The number of aliphatic hydroxyl groups excluding tert-OH is 1. The van der Waals surface area contributed by atoms with Crippen molar-refractivity contribution in [1.82, 2.24) is 0 Å². The predicted molar refractivity (Wildman–Crippen MR) is 349 cm³/mol. The van der Waals surface area contributed by atoms with Gasteiger partial charge in [0.1, 0.15) is 19.3 Å². The highest BCUT2D eigenvalue weighted by Crippen LogP contribution is 2.45. The molecule has 0 bridgehead atoms. The van der Waals surface area contributed by atoms with Crippen LogP contribution >= 0.6 is 15.6 Å². The molecule has 0 amide bonds. The number of unbranched alkanes of at least 4 members (excludes halogenated alkanes) is 34. The van der Waals surface area contributed by atoms with Gasteiger partial charge >= 0.3 is 39.5 Å². The second-order valence-electron chi connectivity index (χ2n) is 24.1. The van der Waals surface area contributed by atoms with Gasteiger partial charge in [0.05, 0.1) is 26.4 Å². The fourth-order valence-corrected chi connectivity index (χ4v) is 11.3. The Bertz CT molecular complexity index is 1780. The molecule has 0 aromatic carbocycles. The maximum Gasteiger partial charge on any atom is 0.472 e. The monoisotopic (exact) mass is 1280 g/mol. The molecule has 0 aliphatic heterocycles. The summed E-state index contributed by atoms with van der Waals surface area (Å²) in [6.45, 7) is 7.14. The van der Waals surface area contributed by atoms with Crippen molar-refractivity contribution in [2.75, 3.05) is 39.6 Å². The summed E-state index contributed by atoms with van der Waals surface area (Å²) in [6.07, 6.45) is 49.2. The summed E-state index contributed by atoms with van der Waals surface area (Å²) in [5.41, 5.74) is 0. The van der Waals surface area contributed by atoms with Crippen LogP contribution in [-0.4, -0.2) is 96.7 Å². The number of hydrogen-bond acceptors (Lipinski definition) is 15. The van der Waals surface area contributed by atoms with Gasteiger partial charge in [0.25, 0.3) is 0 Å². The molecule has 0 saturated heterocycles. The lowest BCUT2D eigenvalue weighted by Gasteiger charge is -2.21. The van der Waals surface area contributed by atoms with Gasteiger partial charge in [-0.25, -0.2) is 9.13 Å². The maximum absolute atomic E-state index is 13.0. The lowest BCUT2D eigenvalue weighted by Crippen LogP contribution is -2.30. The largest absolute Gasteiger partial charge is 0.472 e. The molecule has 0 aromatic rings. The van der Waals surface area contributed by atoms with Crippen molar-refractivity contribution >= 4 is 39.5 Å². The van der Waals surface area contributed by atoms with Crippen molar-refractivity contribution in [3.8, 4) is 0 Å². The second-order valence-corrected chi connectivity index (χ2v) is 27.0. The molecule has 19 heteroatoms.